The first kappa shape index (κ1) is 19.6. The van der Waals surface area contributed by atoms with Gasteiger partial charge in [-0.15, -0.1) is 11.8 Å². The summed E-state index contributed by atoms with van der Waals surface area (Å²) in [5.41, 5.74) is 3.28. The van der Waals surface area contributed by atoms with Crippen LogP contribution in [0, 0.1) is 0 Å². The summed E-state index contributed by atoms with van der Waals surface area (Å²) in [5, 5.41) is 32.4. The highest BCUT2D eigenvalue weighted by molar-refractivity contribution is 7.99. The van der Waals surface area contributed by atoms with E-state index in [0.717, 1.165) is 24.0 Å². The molecule has 4 atom stereocenters. The molecule has 1 aliphatic carbocycles. The Morgan fingerprint density at radius 1 is 1.30 bits per heavy atom. The summed E-state index contributed by atoms with van der Waals surface area (Å²) in [7, 11) is 0. The topological polar surface area (TPSA) is 133 Å². The van der Waals surface area contributed by atoms with Crippen molar-refractivity contribution in [3.8, 4) is 0 Å². The molecule has 4 N–H and O–H groups in total. The molecule has 11 heteroatoms. The molecule has 0 radical (unpaired) electrons. The smallest absolute Gasteiger partial charge is 0.335 e. The standard InChI is InChI=1S/C19H18ClN5O4S/c20-19-23-15(22-11-4-2-8-5-9(18(28)29)1-3-10(8)11)13-16(24-19)25(7-21-13)17-14(27)12(26)6-30-17/h1,3,5,7,11-12,14,17,26-27H,2,4,6H2,(H,28,29)(H,22,23,24)/t11-,12-,14-,17-/m1/s1. The highest BCUT2D eigenvalue weighted by Crippen LogP contribution is 2.40. The number of aryl methyl sites for hydroxylation is 1. The number of carboxylic acids is 1. The number of aliphatic hydroxyl groups is 2. The summed E-state index contributed by atoms with van der Waals surface area (Å²) >= 11 is 7.60. The first-order valence-corrected chi connectivity index (χ1v) is 10.9. The molecule has 3 aromatic rings. The molecular formula is C19H18ClN5O4S. The molecule has 5 rings (SSSR count). The maximum absolute atomic E-state index is 11.2. The molecule has 30 heavy (non-hydrogen) atoms. The van der Waals surface area contributed by atoms with E-state index >= 15 is 0 Å². The number of nitrogens with one attached hydrogen (secondary N) is 1. The highest BCUT2D eigenvalue weighted by atomic mass is 35.5. The molecular weight excluding hydrogens is 430 g/mol. The lowest BCUT2D eigenvalue weighted by Gasteiger charge is -2.18. The molecule has 1 saturated heterocycles. The van der Waals surface area contributed by atoms with Crippen molar-refractivity contribution in [1.82, 2.24) is 19.5 Å². The number of hydrogen-bond acceptors (Lipinski definition) is 8. The maximum atomic E-state index is 11.2. The summed E-state index contributed by atoms with van der Waals surface area (Å²) in [6.45, 7) is 0. The molecule has 0 amide bonds. The number of rotatable bonds is 4. The molecule has 1 aromatic carbocycles. The average Bonchev–Trinajstić information content (AvgIpc) is 3.40. The van der Waals surface area contributed by atoms with Crippen LogP contribution in [0.3, 0.4) is 0 Å². The molecule has 0 saturated carbocycles. The molecule has 156 valence electrons. The zero-order valence-electron chi connectivity index (χ0n) is 15.6. The number of thioether (sulfide) groups is 1. The number of aliphatic hydroxyl groups excluding tert-OH is 2. The van der Waals surface area contributed by atoms with Crippen LogP contribution in [0.4, 0.5) is 5.82 Å². The predicted molar refractivity (Wildman–Crippen MR) is 112 cm³/mol. The fraction of sp³-hybridized carbons (Fsp3) is 0.368. The van der Waals surface area contributed by atoms with Gasteiger partial charge >= 0.3 is 5.97 Å². The van der Waals surface area contributed by atoms with Crippen LogP contribution in [-0.2, 0) is 6.42 Å². The van der Waals surface area contributed by atoms with E-state index in [9.17, 15) is 20.1 Å². The number of fused-ring (bicyclic) bond motifs is 2. The third-order valence-corrected chi connectivity index (χ3v) is 7.12. The SMILES string of the molecule is O=C(O)c1ccc2c(c1)CC[C@H]2Nc1nc(Cl)nc2c1ncn2[C@@H]1SC[C@@H](O)[C@H]1O. The first-order chi connectivity index (χ1) is 14.4. The third kappa shape index (κ3) is 3.20. The number of hydrogen-bond donors (Lipinski definition) is 4. The average molecular weight is 448 g/mol. The van der Waals surface area contributed by atoms with Gasteiger partial charge in [0.25, 0.3) is 0 Å². The number of carboxylic acid groups (broad SMARTS) is 1. The van der Waals surface area contributed by atoms with E-state index < -0.39 is 23.6 Å². The van der Waals surface area contributed by atoms with E-state index in [1.807, 2.05) is 6.07 Å². The Labute approximate surface area is 180 Å². The van der Waals surface area contributed by atoms with Crippen LogP contribution in [0.15, 0.2) is 24.5 Å². The monoisotopic (exact) mass is 447 g/mol. The molecule has 2 aliphatic rings. The molecule has 0 unspecified atom stereocenters. The Morgan fingerprint density at radius 2 is 2.13 bits per heavy atom. The van der Waals surface area contributed by atoms with Gasteiger partial charge in [-0.2, -0.15) is 9.97 Å². The van der Waals surface area contributed by atoms with Crippen molar-refractivity contribution in [3.05, 3.63) is 46.5 Å². The van der Waals surface area contributed by atoms with Crippen LogP contribution >= 0.6 is 23.4 Å². The minimum atomic E-state index is -0.943. The van der Waals surface area contributed by atoms with E-state index in [0.29, 0.717) is 22.7 Å². The van der Waals surface area contributed by atoms with Gasteiger partial charge in [0.2, 0.25) is 5.28 Å². The van der Waals surface area contributed by atoms with Gasteiger partial charge in [-0.3, -0.25) is 4.57 Å². The van der Waals surface area contributed by atoms with Crippen molar-refractivity contribution in [2.24, 2.45) is 0 Å². The molecule has 3 heterocycles. The maximum Gasteiger partial charge on any atom is 0.335 e. The normalized spacial score (nSPS) is 25.6. The molecule has 1 fully saturated rings. The quantitative estimate of drug-likeness (QED) is 0.444. The minimum absolute atomic E-state index is 0.0456. The van der Waals surface area contributed by atoms with Crippen molar-refractivity contribution in [2.45, 2.75) is 36.5 Å². The second-order valence-electron chi connectivity index (χ2n) is 7.40. The van der Waals surface area contributed by atoms with Gasteiger partial charge < -0.3 is 20.6 Å². The Morgan fingerprint density at radius 3 is 2.87 bits per heavy atom. The van der Waals surface area contributed by atoms with E-state index in [1.165, 1.54) is 11.8 Å². The van der Waals surface area contributed by atoms with Gasteiger partial charge in [0, 0.05) is 5.75 Å². The van der Waals surface area contributed by atoms with E-state index in [1.54, 1.807) is 23.0 Å². The number of nitrogens with zero attached hydrogens (tertiary/aromatic N) is 4. The number of aromatic carboxylic acids is 1. The van der Waals surface area contributed by atoms with E-state index in [-0.39, 0.29) is 16.9 Å². The lowest BCUT2D eigenvalue weighted by atomic mass is 10.0. The second-order valence-corrected chi connectivity index (χ2v) is 8.89. The summed E-state index contributed by atoms with van der Waals surface area (Å²) < 4.78 is 1.71. The Bertz CT molecular complexity index is 1160. The predicted octanol–water partition coefficient (Wildman–Crippen LogP) is 2.24. The molecule has 9 nitrogen and oxygen atoms in total. The van der Waals surface area contributed by atoms with Crippen molar-refractivity contribution in [3.63, 3.8) is 0 Å². The van der Waals surface area contributed by atoms with Gasteiger partial charge in [-0.05, 0) is 47.7 Å². The number of halogens is 1. The van der Waals surface area contributed by atoms with Gasteiger partial charge in [-0.1, -0.05) is 6.07 Å². The largest absolute Gasteiger partial charge is 0.478 e. The van der Waals surface area contributed by atoms with E-state index in [2.05, 4.69) is 20.3 Å². The molecule has 0 spiro atoms. The fourth-order valence-corrected chi connectivity index (χ4v) is 5.52. The first-order valence-electron chi connectivity index (χ1n) is 9.43. The van der Waals surface area contributed by atoms with Crippen LogP contribution in [0.5, 0.6) is 0 Å². The minimum Gasteiger partial charge on any atom is -0.478 e. The van der Waals surface area contributed by atoms with Crippen LogP contribution in [0.25, 0.3) is 11.2 Å². The molecule has 2 aromatic heterocycles. The fourth-order valence-electron chi connectivity index (χ4n) is 4.07. The van der Waals surface area contributed by atoms with Crippen LogP contribution in [0.2, 0.25) is 5.28 Å². The Kier molecular flexibility index (Phi) is 4.81. The van der Waals surface area contributed by atoms with Crippen molar-refractivity contribution in [1.29, 1.82) is 0 Å². The third-order valence-electron chi connectivity index (χ3n) is 5.57. The van der Waals surface area contributed by atoms with Crippen molar-refractivity contribution in [2.75, 3.05) is 11.1 Å². The number of anilines is 1. The second kappa shape index (κ2) is 7.38. The zero-order chi connectivity index (χ0) is 21.0. The van der Waals surface area contributed by atoms with Crippen LogP contribution in [-0.4, -0.2) is 58.8 Å². The zero-order valence-corrected chi connectivity index (χ0v) is 17.1. The number of carbonyl (C=O) groups is 1. The highest BCUT2D eigenvalue weighted by Gasteiger charge is 2.37. The summed E-state index contributed by atoms with van der Waals surface area (Å²) in [6.07, 6.45) is 1.38. The molecule has 0 bridgehead atoms. The Balaban J connectivity index is 1.49. The van der Waals surface area contributed by atoms with Crippen LogP contribution < -0.4 is 5.32 Å². The van der Waals surface area contributed by atoms with Crippen molar-refractivity contribution >= 4 is 46.3 Å². The van der Waals surface area contributed by atoms with Gasteiger partial charge in [0.05, 0.1) is 24.0 Å². The van der Waals surface area contributed by atoms with Gasteiger partial charge in [0.15, 0.2) is 17.0 Å². The summed E-state index contributed by atoms with van der Waals surface area (Å²) in [6, 6.07) is 5.08. The van der Waals surface area contributed by atoms with E-state index in [4.69, 9.17) is 11.6 Å². The lowest BCUT2D eigenvalue weighted by molar-refractivity contribution is 0.0313. The summed E-state index contributed by atoms with van der Waals surface area (Å²) in [4.78, 5) is 24.3. The molecule has 1 aliphatic heterocycles. The number of benzene rings is 1. The lowest BCUT2D eigenvalue weighted by Crippen LogP contribution is -2.27. The summed E-state index contributed by atoms with van der Waals surface area (Å²) in [5.74, 6) is -0.0461. The number of aromatic nitrogens is 4. The van der Waals surface area contributed by atoms with Gasteiger partial charge in [-0.25, -0.2) is 9.78 Å². The van der Waals surface area contributed by atoms with Gasteiger partial charge in [0.1, 0.15) is 11.5 Å². The number of imidazole rings is 1. The Hall–Kier alpha value is -2.40. The van der Waals surface area contributed by atoms with Crippen molar-refractivity contribution < 1.29 is 20.1 Å². The van der Waals surface area contributed by atoms with Crippen LogP contribution in [0.1, 0.15) is 39.3 Å².